The van der Waals surface area contributed by atoms with E-state index >= 15 is 0 Å². The fraction of sp³-hybridized carbons (Fsp3) is 0.647. The molecule has 1 aromatic heterocycles. The first kappa shape index (κ1) is 18.9. The van der Waals surface area contributed by atoms with E-state index in [4.69, 9.17) is 4.74 Å². The summed E-state index contributed by atoms with van der Waals surface area (Å²) in [5, 5.41) is 6.66. The Morgan fingerprint density at radius 1 is 1.29 bits per heavy atom. The quantitative estimate of drug-likeness (QED) is 0.524. The number of anilines is 1. The van der Waals surface area contributed by atoms with Crippen LogP contribution in [0.2, 0.25) is 0 Å². The highest BCUT2D eigenvalue weighted by molar-refractivity contribution is 7.17. The number of esters is 1. The van der Waals surface area contributed by atoms with Crippen LogP contribution in [0.25, 0.3) is 0 Å². The van der Waals surface area contributed by atoms with Gasteiger partial charge in [0.15, 0.2) is 0 Å². The lowest BCUT2D eigenvalue weighted by Gasteiger charge is -2.10. The molecule has 2 rings (SSSR count). The van der Waals surface area contributed by atoms with Crippen LogP contribution < -0.4 is 10.6 Å². The van der Waals surface area contributed by atoms with Crippen LogP contribution in [0.4, 0.5) is 5.00 Å². The van der Waals surface area contributed by atoms with Crippen LogP contribution in [-0.4, -0.2) is 57.1 Å². The van der Waals surface area contributed by atoms with Crippen LogP contribution in [-0.2, 0) is 22.4 Å². The number of carbonyl (C=O) groups is 2. The Kier molecular flexibility index (Phi) is 7.20. The highest BCUT2D eigenvalue weighted by Gasteiger charge is 2.28. The molecule has 7 heteroatoms. The molecule has 0 bridgehead atoms. The monoisotopic (exact) mass is 353 g/mol. The van der Waals surface area contributed by atoms with E-state index in [1.54, 1.807) is 6.92 Å². The normalized spacial score (nSPS) is 13.2. The molecular formula is C17H27N3O3S. The Morgan fingerprint density at radius 3 is 2.79 bits per heavy atom. The molecule has 1 heterocycles. The van der Waals surface area contributed by atoms with Crippen LogP contribution in [0.15, 0.2) is 0 Å². The van der Waals surface area contributed by atoms with Gasteiger partial charge in [0.2, 0.25) is 5.91 Å². The van der Waals surface area contributed by atoms with Gasteiger partial charge in [-0.1, -0.05) is 0 Å². The molecule has 0 spiro atoms. The predicted molar refractivity (Wildman–Crippen MR) is 97.0 cm³/mol. The van der Waals surface area contributed by atoms with Crippen molar-refractivity contribution in [2.45, 2.75) is 32.6 Å². The molecule has 1 amide bonds. The lowest BCUT2D eigenvalue weighted by atomic mass is 10.1. The summed E-state index contributed by atoms with van der Waals surface area (Å²) < 4.78 is 5.17. The largest absolute Gasteiger partial charge is 0.462 e. The standard InChI is InChI=1S/C17H27N3O3S/c1-4-23-17(22)15-12-7-5-8-13(12)24-16(15)19-14(21)11-18-9-6-10-20(2)3/h18H,4-11H2,1-3H3,(H,19,21). The highest BCUT2D eigenvalue weighted by Crippen LogP contribution is 2.39. The van der Waals surface area contributed by atoms with E-state index in [2.05, 4.69) is 15.5 Å². The summed E-state index contributed by atoms with van der Waals surface area (Å²) in [6.07, 6.45) is 3.92. The first-order valence-electron chi connectivity index (χ1n) is 8.49. The van der Waals surface area contributed by atoms with Gasteiger partial charge in [-0.25, -0.2) is 4.79 Å². The smallest absolute Gasteiger partial charge is 0.341 e. The number of nitrogens with zero attached hydrogens (tertiary/aromatic N) is 1. The maximum absolute atomic E-state index is 12.2. The molecule has 0 unspecified atom stereocenters. The van der Waals surface area contributed by atoms with E-state index < -0.39 is 0 Å². The van der Waals surface area contributed by atoms with Gasteiger partial charge in [-0.15, -0.1) is 11.3 Å². The van der Waals surface area contributed by atoms with Crippen LogP contribution in [0, 0.1) is 0 Å². The first-order chi connectivity index (χ1) is 11.5. The van der Waals surface area contributed by atoms with Crippen molar-refractivity contribution in [1.82, 2.24) is 10.2 Å². The molecule has 0 saturated heterocycles. The summed E-state index contributed by atoms with van der Waals surface area (Å²) >= 11 is 1.51. The molecule has 6 nitrogen and oxygen atoms in total. The second kappa shape index (κ2) is 9.15. The zero-order valence-corrected chi connectivity index (χ0v) is 15.6. The third kappa shape index (κ3) is 5.03. The molecule has 0 aromatic carbocycles. The van der Waals surface area contributed by atoms with Gasteiger partial charge >= 0.3 is 5.97 Å². The fourth-order valence-electron chi connectivity index (χ4n) is 2.80. The molecule has 2 N–H and O–H groups in total. The van der Waals surface area contributed by atoms with E-state index in [0.717, 1.165) is 44.3 Å². The van der Waals surface area contributed by atoms with Crippen LogP contribution >= 0.6 is 11.3 Å². The van der Waals surface area contributed by atoms with Crippen molar-refractivity contribution in [3.63, 3.8) is 0 Å². The molecule has 1 aliphatic carbocycles. The molecule has 0 radical (unpaired) electrons. The van der Waals surface area contributed by atoms with E-state index in [9.17, 15) is 9.59 Å². The second-order valence-corrected chi connectivity index (χ2v) is 7.27. The average Bonchev–Trinajstić information content (AvgIpc) is 3.07. The molecule has 0 aliphatic heterocycles. The number of thiophene rings is 1. The number of ether oxygens (including phenoxy) is 1. The van der Waals surface area contributed by atoms with Crippen molar-refractivity contribution in [2.75, 3.05) is 45.7 Å². The van der Waals surface area contributed by atoms with Crippen LogP contribution in [0.3, 0.4) is 0 Å². The van der Waals surface area contributed by atoms with Crippen LogP contribution in [0.1, 0.15) is 40.6 Å². The van der Waals surface area contributed by atoms with Gasteiger partial charge in [0, 0.05) is 4.88 Å². The second-order valence-electron chi connectivity index (χ2n) is 6.16. The van der Waals surface area contributed by atoms with Crippen molar-refractivity contribution in [2.24, 2.45) is 0 Å². The minimum absolute atomic E-state index is 0.120. The molecule has 24 heavy (non-hydrogen) atoms. The minimum atomic E-state index is -0.328. The third-order valence-electron chi connectivity index (χ3n) is 3.90. The third-order valence-corrected chi connectivity index (χ3v) is 5.11. The van der Waals surface area contributed by atoms with E-state index in [1.165, 1.54) is 16.2 Å². The summed E-state index contributed by atoms with van der Waals surface area (Å²) in [6, 6.07) is 0. The lowest BCUT2D eigenvalue weighted by Crippen LogP contribution is -2.30. The Labute approximate surface area is 147 Å². The van der Waals surface area contributed by atoms with Crippen molar-refractivity contribution >= 4 is 28.2 Å². The fourth-order valence-corrected chi connectivity index (χ4v) is 4.10. The van der Waals surface area contributed by atoms with Crippen molar-refractivity contribution in [1.29, 1.82) is 0 Å². The molecule has 1 aromatic rings. The Balaban J connectivity index is 1.92. The van der Waals surface area contributed by atoms with E-state index in [1.807, 2.05) is 14.1 Å². The predicted octanol–water partition coefficient (Wildman–Crippen LogP) is 1.89. The van der Waals surface area contributed by atoms with Crippen LogP contribution in [0.5, 0.6) is 0 Å². The van der Waals surface area contributed by atoms with Crippen molar-refractivity contribution in [3.8, 4) is 0 Å². The van der Waals surface area contributed by atoms with Gasteiger partial charge < -0.3 is 20.3 Å². The number of carbonyl (C=O) groups excluding carboxylic acids is 2. The number of fused-ring (bicyclic) bond motifs is 1. The number of rotatable bonds is 9. The van der Waals surface area contributed by atoms with Crippen molar-refractivity contribution in [3.05, 3.63) is 16.0 Å². The Morgan fingerprint density at radius 2 is 2.08 bits per heavy atom. The SMILES string of the molecule is CCOC(=O)c1c(NC(=O)CNCCCN(C)C)sc2c1CCC2. The van der Waals surface area contributed by atoms with Gasteiger partial charge in [-0.3, -0.25) is 4.79 Å². The number of hydrogen-bond donors (Lipinski definition) is 2. The average molecular weight is 353 g/mol. The maximum Gasteiger partial charge on any atom is 0.341 e. The molecule has 0 fully saturated rings. The number of amides is 1. The summed E-state index contributed by atoms with van der Waals surface area (Å²) in [4.78, 5) is 27.7. The number of hydrogen-bond acceptors (Lipinski definition) is 6. The summed E-state index contributed by atoms with van der Waals surface area (Å²) in [5.41, 5.74) is 1.63. The molecule has 134 valence electrons. The van der Waals surface area contributed by atoms with Gasteiger partial charge in [0.25, 0.3) is 0 Å². The van der Waals surface area contributed by atoms with Crippen molar-refractivity contribution < 1.29 is 14.3 Å². The van der Waals surface area contributed by atoms with Gasteiger partial charge in [0.1, 0.15) is 5.00 Å². The van der Waals surface area contributed by atoms with E-state index in [-0.39, 0.29) is 18.4 Å². The summed E-state index contributed by atoms with van der Waals surface area (Å²) in [6.45, 7) is 4.15. The minimum Gasteiger partial charge on any atom is -0.462 e. The highest BCUT2D eigenvalue weighted by atomic mass is 32.1. The zero-order chi connectivity index (χ0) is 17.5. The van der Waals surface area contributed by atoms with Gasteiger partial charge in [-0.05, 0) is 65.4 Å². The summed E-state index contributed by atoms with van der Waals surface area (Å²) in [7, 11) is 4.05. The Hall–Kier alpha value is -1.44. The molecule has 1 aliphatic rings. The molecule has 0 saturated carbocycles. The first-order valence-corrected chi connectivity index (χ1v) is 9.31. The van der Waals surface area contributed by atoms with E-state index in [0.29, 0.717) is 17.2 Å². The summed E-state index contributed by atoms with van der Waals surface area (Å²) in [5.74, 6) is -0.448. The van der Waals surface area contributed by atoms with Gasteiger partial charge in [-0.2, -0.15) is 0 Å². The lowest BCUT2D eigenvalue weighted by molar-refractivity contribution is -0.115. The van der Waals surface area contributed by atoms with Gasteiger partial charge in [0.05, 0.1) is 18.7 Å². The molecular weight excluding hydrogens is 326 g/mol. The number of aryl methyl sites for hydroxylation is 1. The number of nitrogens with one attached hydrogen (secondary N) is 2. The zero-order valence-electron chi connectivity index (χ0n) is 14.7. The maximum atomic E-state index is 12.2. The topological polar surface area (TPSA) is 70.7 Å². The Bertz CT molecular complexity index is 584. The molecule has 0 atom stereocenters.